The van der Waals surface area contributed by atoms with E-state index in [2.05, 4.69) is 64.7 Å². The topological polar surface area (TPSA) is 55.8 Å². The van der Waals surface area contributed by atoms with Gasteiger partial charge < -0.3 is 4.74 Å². The molecular weight excluding hydrogens is 604 g/mol. The molecule has 0 bridgehead atoms. The van der Waals surface area contributed by atoms with Gasteiger partial charge >= 0.3 is 5.97 Å². The second-order valence-corrected chi connectivity index (χ2v) is 17.9. The summed E-state index contributed by atoms with van der Waals surface area (Å²) in [5.41, 5.74) is 2.45. The molecule has 3 saturated carbocycles. The number of carbonyl (C=O) groups excluding carboxylic acids is 1. The van der Waals surface area contributed by atoms with Crippen LogP contribution >= 0.6 is 0 Å². The molecule has 49 heavy (non-hydrogen) atoms. The van der Waals surface area contributed by atoms with Gasteiger partial charge in [0.15, 0.2) is 0 Å². The fourth-order valence-corrected chi connectivity index (χ4v) is 11.2. The minimum Gasteiger partial charge on any atom is -0.462 e. The zero-order valence-corrected chi connectivity index (χ0v) is 32.7. The molecule has 4 nitrogen and oxygen atoms in total. The predicted octanol–water partition coefficient (Wildman–Crippen LogP) is 13.2. The molecule has 0 aromatic carbocycles. The molecule has 4 heteroatoms. The Hall–Kier alpha value is -1.39. The number of allylic oxidation sites excluding steroid dienone is 4. The van der Waals surface area contributed by atoms with Crippen LogP contribution in [0.2, 0.25) is 0 Å². The van der Waals surface area contributed by atoms with E-state index in [0.29, 0.717) is 17.3 Å². The Labute approximate surface area is 302 Å². The van der Waals surface area contributed by atoms with Crippen molar-refractivity contribution in [1.29, 1.82) is 0 Å². The summed E-state index contributed by atoms with van der Waals surface area (Å²) < 4.78 is 6.10. The van der Waals surface area contributed by atoms with Gasteiger partial charge in [-0.1, -0.05) is 135 Å². The molecule has 0 aromatic rings. The van der Waals surface area contributed by atoms with Crippen LogP contribution in [-0.2, 0) is 14.4 Å². The molecule has 0 saturated heterocycles. The summed E-state index contributed by atoms with van der Waals surface area (Å²) in [5.74, 6) is 5.14. The van der Waals surface area contributed by atoms with E-state index in [1.165, 1.54) is 77.0 Å². The molecule has 4 aliphatic rings. The van der Waals surface area contributed by atoms with E-state index in [4.69, 9.17) is 4.74 Å². The van der Waals surface area contributed by atoms with Gasteiger partial charge in [0.1, 0.15) is 12.2 Å². The standard InChI is InChI=1S/C45H76O4/c1-7-8-9-10-11-13-16-22-37(49-47)23-17-14-12-15-18-24-43(46)48-38-29-31-44(5)36(33-38)25-26-39-41-28-27-40(35(4)21-19-20-34(2)3)45(41,6)32-30-42(39)44/h11,13,16,22,25,34-35,37-42,47H,7-10,12,14-15,17-21,23-24,26-33H2,1-6H3. The van der Waals surface area contributed by atoms with E-state index in [1.807, 2.05) is 12.2 Å². The summed E-state index contributed by atoms with van der Waals surface area (Å²) in [7, 11) is 0. The number of fused-ring (bicyclic) bond motifs is 5. The van der Waals surface area contributed by atoms with E-state index in [-0.39, 0.29) is 18.2 Å². The van der Waals surface area contributed by atoms with Crippen molar-refractivity contribution in [3.8, 4) is 0 Å². The Morgan fingerprint density at radius 3 is 2.47 bits per heavy atom. The zero-order valence-electron chi connectivity index (χ0n) is 32.7. The normalized spacial score (nSPS) is 32.6. The monoisotopic (exact) mass is 681 g/mol. The van der Waals surface area contributed by atoms with Crippen LogP contribution in [0.5, 0.6) is 0 Å². The summed E-state index contributed by atoms with van der Waals surface area (Å²) in [4.78, 5) is 17.5. The number of rotatable bonds is 21. The van der Waals surface area contributed by atoms with Gasteiger partial charge in [-0.2, -0.15) is 0 Å². The highest BCUT2D eigenvalue weighted by Gasteiger charge is 2.59. The van der Waals surface area contributed by atoms with Crippen LogP contribution in [0, 0.1) is 46.3 Å². The molecular formula is C45H76O4. The van der Waals surface area contributed by atoms with Crippen LogP contribution in [0.1, 0.15) is 183 Å². The molecule has 0 heterocycles. The molecule has 0 spiro atoms. The Morgan fingerprint density at radius 1 is 0.898 bits per heavy atom. The molecule has 280 valence electrons. The quantitative estimate of drug-likeness (QED) is 0.0327. The van der Waals surface area contributed by atoms with E-state index in [9.17, 15) is 10.1 Å². The minimum absolute atomic E-state index is 0.00235. The van der Waals surface area contributed by atoms with Crippen molar-refractivity contribution in [2.24, 2.45) is 46.3 Å². The first-order valence-electron chi connectivity index (χ1n) is 21.1. The SMILES string of the molecule is CCCCCC=CC=CC(CCCCCCCC(=O)OC1CCC2(C)C(=CCC3C2CCC2(C)C(C(C)CCCC(C)C)CCC32)C1)OO. The Kier molecular flexibility index (Phi) is 16.5. The maximum Gasteiger partial charge on any atom is 0.306 e. The lowest BCUT2D eigenvalue weighted by Gasteiger charge is -2.58. The average molecular weight is 681 g/mol. The summed E-state index contributed by atoms with van der Waals surface area (Å²) in [6, 6.07) is 0. The Bertz CT molecular complexity index is 1070. The highest BCUT2D eigenvalue weighted by atomic mass is 17.1. The summed E-state index contributed by atoms with van der Waals surface area (Å²) >= 11 is 0. The van der Waals surface area contributed by atoms with Crippen molar-refractivity contribution in [2.45, 2.75) is 195 Å². The van der Waals surface area contributed by atoms with Gasteiger partial charge in [-0.05, 0) is 117 Å². The van der Waals surface area contributed by atoms with Crippen LogP contribution in [0.25, 0.3) is 0 Å². The Balaban J connectivity index is 1.14. The maximum absolute atomic E-state index is 12.8. The second-order valence-electron chi connectivity index (χ2n) is 17.9. The molecule has 0 amide bonds. The van der Waals surface area contributed by atoms with Gasteiger partial charge in [-0.15, -0.1) is 0 Å². The first-order chi connectivity index (χ1) is 23.6. The van der Waals surface area contributed by atoms with E-state index in [1.54, 1.807) is 5.57 Å². The lowest BCUT2D eigenvalue weighted by atomic mass is 9.47. The van der Waals surface area contributed by atoms with E-state index in [0.717, 1.165) is 93.3 Å². The average Bonchev–Trinajstić information content (AvgIpc) is 3.43. The number of hydrogen-bond donors (Lipinski definition) is 1. The van der Waals surface area contributed by atoms with Gasteiger partial charge in [-0.3, -0.25) is 10.1 Å². The number of ether oxygens (including phenoxy) is 1. The third-order valence-corrected chi connectivity index (χ3v) is 14.1. The van der Waals surface area contributed by atoms with Crippen molar-refractivity contribution >= 4 is 5.97 Å². The maximum atomic E-state index is 12.8. The van der Waals surface area contributed by atoms with Gasteiger partial charge in [0.25, 0.3) is 0 Å². The van der Waals surface area contributed by atoms with Crippen LogP contribution in [0.4, 0.5) is 0 Å². The second kappa shape index (κ2) is 20.0. The third-order valence-electron chi connectivity index (χ3n) is 14.1. The number of hydrogen-bond acceptors (Lipinski definition) is 4. The molecule has 0 aliphatic heterocycles. The zero-order chi connectivity index (χ0) is 35.3. The van der Waals surface area contributed by atoms with Crippen LogP contribution in [-0.4, -0.2) is 23.4 Å². The molecule has 0 aromatic heterocycles. The number of unbranched alkanes of at least 4 members (excludes halogenated alkanes) is 7. The van der Waals surface area contributed by atoms with Crippen molar-refractivity contribution in [2.75, 3.05) is 0 Å². The molecule has 3 fully saturated rings. The van der Waals surface area contributed by atoms with Crippen molar-refractivity contribution < 1.29 is 19.7 Å². The highest BCUT2D eigenvalue weighted by Crippen LogP contribution is 2.67. The lowest BCUT2D eigenvalue weighted by molar-refractivity contribution is -0.267. The molecule has 4 rings (SSSR count). The van der Waals surface area contributed by atoms with Crippen molar-refractivity contribution in [1.82, 2.24) is 0 Å². The summed E-state index contributed by atoms with van der Waals surface area (Å²) in [6.07, 6.45) is 36.3. The van der Waals surface area contributed by atoms with Crippen molar-refractivity contribution in [3.63, 3.8) is 0 Å². The van der Waals surface area contributed by atoms with Gasteiger partial charge in [0, 0.05) is 12.8 Å². The first-order valence-corrected chi connectivity index (χ1v) is 21.1. The van der Waals surface area contributed by atoms with Crippen LogP contribution in [0.15, 0.2) is 36.0 Å². The number of esters is 1. The molecule has 1 N–H and O–H groups in total. The van der Waals surface area contributed by atoms with E-state index < -0.39 is 0 Å². The fourth-order valence-electron chi connectivity index (χ4n) is 11.2. The van der Waals surface area contributed by atoms with Crippen molar-refractivity contribution in [3.05, 3.63) is 36.0 Å². The summed E-state index contributed by atoms with van der Waals surface area (Å²) in [5, 5.41) is 9.24. The Morgan fingerprint density at radius 2 is 1.69 bits per heavy atom. The van der Waals surface area contributed by atoms with E-state index >= 15 is 0 Å². The molecule has 9 unspecified atom stereocenters. The van der Waals surface area contributed by atoms with Gasteiger partial charge in [0.05, 0.1) is 0 Å². The minimum atomic E-state index is -0.246. The highest BCUT2D eigenvalue weighted by molar-refractivity contribution is 5.69. The van der Waals surface area contributed by atoms with Gasteiger partial charge in [0.2, 0.25) is 0 Å². The largest absolute Gasteiger partial charge is 0.462 e. The molecule has 4 aliphatic carbocycles. The van der Waals surface area contributed by atoms with Crippen LogP contribution in [0.3, 0.4) is 0 Å². The first kappa shape index (κ1) is 40.4. The smallest absolute Gasteiger partial charge is 0.306 e. The third kappa shape index (κ3) is 11.1. The fraction of sp³-hybridized carbons (Fsp3) is 0.844. The predicted molar refractivity (Wildman–Crippen MR) is 205 cm³/mol. The lowest BCUT2D eigenvalue weighted by Crippen LogP contribution is -2.51. The van der Waals surface area contributed by atoms with Crippen LogP contribution < -0.4 is 0 Å². The molecule has 0 radical (unpaired) electrons. The summed E-state index contributed by atoms with van der Waals surface area (Å²) in [6.45, 7) is 14.8. The van der Waals surface area contributed by atoms with Gasteiger partial charge in [-0.25, -0.2) is 4.89 Å². The number of carbonyl (C=O) groups is 1. The molecule has 9 atom stereocenters.